The number of amides is 2. The molecule has 0 unspecified atom stereocenters. The quantitative estimate of drug-likeness (QED) is 0.896. The van der Waals surface area contributed by atoms with Crippen LogP contribution in [0.3, 0.4) is 0 Å². The molecule has 0 saturated carbocycles. The number of benzene rings is 1. The maximum atomic E-state index is 11.7. The predicted octanol–water partition coefficient (Wildman–Crippen LogP) is 2.10. The van der Waals surface area contributed by atoms with Gasteiger partial charge in [-0.2, -0.15) is 0 Å². The van der Waals surface area contributed by atoms with Gasteiger partial charge in [-0.15, -0.1) is 0 Å². The molecule has 1 N–H and O–H groups in total. The van der Waals surface area contributed by atoms with Crippen LogP contribution in [0.5, 0.6) is 11.5 Å². The lowest BCUT2D eigenvalue weighted by atomic mass is 10.1. The maximum Gasteiger partial charge on any atom is 0.321 e. The van der Waals surface area contributed by atoms with E-state index < -0.39 is 0 Å². The summed E-state index contributed by atoms with van der Waals surface area (Å²) >= 11 is 0. The van der Waals surface area contributed by atoms with Crippen LogP contribution >= 0.6 is 0 Å². The molecule has 0 saturated heterocycles. The van der Waals surface area contributed by atoms with Crippen molar-refractivity contribution < 1.29 is 14.3 Å². The lowest BCUT2D eigenvalue weighted by Crippen LogP contribution is -2.35. The number of urea groups is 1. The summed E-state index contributed by atoms with van der Waals surface area (Å²) in [6, 6.07) is 1.59. The number of rotatable bonds is 3. The molecular weight excluding hydrogens is 232 g/mol. The molecule has 0 fully saturated rings. The number of nitrogens with zero attached hydrogens (tertiary/aromatic N) is 1. The van der Waals surface area contributed by atoms with Crippen molar-refractivity contribution in [1.82, 2.24) is 5.32 Å². The molecule has 5 nitrogen and oxygen atoms in total. The molecule has 1 rings (SSSR count). The van der Waals surface area contributed by atoms with Crippen molar-refractivity contribution >= 4 is 11.7 Å². The summed E-state index contributed by atoms with van der Waals surface area (Å²) in [6.07, 6.45) is 0. The summed E-state index contributed by atoms with van der Waals surface area (Å²) in [7, 11) is 6.47. The zero-order chi connectivity index (χ0) is 13.9. The minimum absolute atomic E-state index is 0.210. The van der Waals surface area contributed by atoms with Crippen molar-refractivity contribution in [2.75, 3.05) is 33.2 Å². The fraction of sp³-hybridized carbons (Fsp3) is 0.462. The van der Waals surface area contributed by atoms with E-state index >= 15 is 0 Å². The summed E-state index contributed by atoms with van der Waals surface area (Å²) < 4.78 is 10.7. The molecule has 18 heavy (non-hydrogen) atoms. The van der Waals surface area contributed by atoms with Gasteiger partial charge in [0.25, 0.3) is 0 Å². The van der Waals surface area contributed by atoms with Gasteiger partial charge in [0, 0.05) is 20.2 Å². The average molecular weight is 252 g/mol. The Labute approximate surface area is 108 Å². The van der Waals surface area contributed by atoms with Crippen LogP contribution in [-0.2, 0) is 0 Å². The molecule has 1 aromatic carbocycles. The van der Waals surface area contributed by atoms with E-state index in [1.165, 1.54) is 4.90 Å². The minimum atomic E-state index is -0.210. The van der Waals surface area contributed by atoms with Gasteiger partial charge in [-0.25, -0.2) is 4.79 Å². The number of carbonyl (C=O) groups excluding carboxylic acids is 1. The molecule has 100 valence electrons. The zero-order valence-corrected chi connectivity index (χ0v) is 11.7. The number of anilines is 1. The van der Waals surface area contributed by atoms with Crippen LogP contribution in [0.4, 0.5) is 10.5 Å². The zero-order valence-electron chi connectivity index (χ0n) is 11.7. The standard InChI is InChI=1S/C13H20N2O3/c1-8-9(2)12(18-6)10(7-11(8)17-5)15(4)13(16)14-3/h7H,1-6H3,(H,14,16). The molecule has 0 radical (unpaired) electrons. The first-order valence-corrected chi connectivity index (χ1v) is 5.65. The van der Waals surface area contributed by atoms with E-state index in [-0.39, 0.29) is 6.03 Å². The second-order valence-electron chi connectivity index (χ2n) is 4.00. The Hall–Kier alpha value is -1.91. The number of methoxy groups -OCH3 is 2. The Morgan fingerprint density at radius 3 is 2.28 bits per heavy atom. The number of hydrogen-bond acceptors (Lipinski definition) is 3. The molecule has 2 amide bonds. The topological polar surface area (TPSA) is 50.8 Å². The van der Waals surface area contributed by atoms with Crippen LogP contribution in [0.15, 0.2) is 6.07 Å². The molecule has 0 spiro atoms. The lowest BCUT2D eigenvalue weighted by molar-refractivity contribution is 0.249. The molecule has 0 heterocycles. The summed E-state index contributed by atoms with van der Waals surface area (Å²) in [5.41, 5.74) is 2.64. The molecule has 0 aliphatic rings. The molecule has 0 aromatic heterocycles. The van der Waals surface area contributed by atoms with Gasteiger partial charge < -0.3 is 14.8 Å². The second kappa shape index (κ2) is 5.62. The Kier molecular flexibility index (Phi) is 4.42. The van der Waals surface area contributed by atoms with Gasteiger partial charge in [-0.05, 0) is 25.0 Å². The van der Waals surface area contributed by atoms with Crippen LogP contribution in [0, 0.1) is 13.8 Å². The third-order valence-electron chi connectivity index (χ3n) is 3.08. The van der Waals surface area contributed by atoms with E-state index in [1.807, 2.05) is 13.8 Å². The van der Waals surface area contributed by atoms with Gasteiger partial charge in [-0.3, -0.25) is 4.90 Å². The molecule has 0 atom stereocenters. The summed E-state index contributed by atoms with van der Waals surface area (Å²) in [4.78, 5) is 13.2. The number of ether oxygens (including phenoxy) is 2. The van der Waals surface area contributed by atoms with E-state index in [9.17, 15) is 4.79 Å². The Morgan fingerprint density at radius 1 is 1.22 bits per heavy atom. The Morgan fingerprint density at radius 2 is 1.83 bits per heavy atom. The van der Waals surface area contributed by atoms with Gasteiger partial charge >= 0.3 is 6.03 Å². The lowest BCUT2D eigenvalue weighted by Gasteiger charge is -2.23. The summed E-state index contributed by atoms with van der Waals surface area (Å²) in [6.45, 7) is 3.90. The second-order valence-corrected chi connectivity index (χ2v) is 4.00. The molecular formula is C13H20N2O3. The highest BCUT2D eigenvalue weighted by atomic mass is 16.5. The third kappa shape index (κ3) is 2.34. The number of carbonyl (C=O) groups is 1. The van der Waals surface area contributed by atoms with Gasteiger partial charge in [0.05, 0.1) is 19.9 Å². The first-order chi connectivity index (χ1) is 8.47. The van der Waals surface area contributed by atoms with Crippen molar-refractivity contribution in [3.8, 4) is 11.5 Å². The smallest absolute Gasteiger partial charge is 0.321 e. The largest absolute Gasteiger partial charge is 0.496 e. The Balaban J connectivity index is 3.42. The van der Waals surface area contributed by atoms with Gasteiger partial charge in [0.15, 0.2) is 0 Å². The summed E-state index contributed by atoms with van der Waals surface area (Å²) in [5, 5.41) is 2.58. The van der Waals surface area contributed by atoms with Crippen molar-refractivity contribution in [2.45, 2.75) is 13.8 Å². The van der Waals surface area contributed by atoms with Crippen molar-refractivity contribution in [1.29, 1.82) is 0 Å². The molecule has 5 heteroatoms. The van der Waals surface area contributed by atoms with Crippen molar-refractivity contribution in [3.05, 3.63) is 17.2 Å². The minimum Gasteiger partial charge on any atom is -0.496 e. The van der Waals surface area contributed by atoms with Crippen molar-refractivity contribution in [3.63, 3.8) is 0 Å². The first-order valence-electron chi connectivity index (χ1n) is 5.65. The van der Waals surface area contributed by atoms with E-state index in [4.69, 9.17) is 9.47 Å². The van der Waals surface area contributed by atoms with E-state index in [1.54, 1.807) is 34.4 Å². The van der Waals surface area contributed by atoms with E-state index in [0.29, 0.717) is 11.4 Å². The maximum absolute atomic E-state index is 11.7. The van der Waals surface area contributed by atoms with Crippen LogP contribution in [0.2, 0.25) is 0 Å². The normalized spacial score (nSPS) is 9.89. The van der Waals surface area contributed by atoms with E-state index in [2.05, 4.69) is 5.32 Å². The number of hydrogen-bond donors (Lipinski definition) is 1. The highest BCUT2D eigenvalue weighted by Gasteiger charge is 2.19. The van der Waals surface area contributed by atoms with E-state index in [0.717, 1.165) is 16.9 Å². The molecule has 1 aromatic rings. The third-order valence-corrected chi connectivity index (χ3v) is 3.08. The van der Waals surface area contributed by atoms with Crippen LogP contribution in [-0.4, -0.2) is 34.3 Å². The Bertz CT molecular complexity index is 458. The first kappa shape index (κ1) is 14.2. The molecule has 0 bridgehead atoms. The van der Waals surface area contributed by atoms with Gasteiger partial charge in [0.2, 0.25) is 0 Å². The van der Waals surface area contributed by atoms with Crippen LogP contribution in [0.1, 0.15) is 11.1 Å². The van der Waals surface area contributed by atoms with Crippen LogP contribution in [0.25, 0.3) is 0 Å². The van der Waals surface area contributed by atoms with Crippen LogP contribution < -0.4 is 19.7 Å². The number of nitrogens with one attached hydrogen (secondary N) is 1. The average Bonchev–Trinajstić information content (AvgIpc) is 2.39. The van der Waals surface area contributed by atoms with Gasteiger partial charge in [0.1, 0.15) is 11.5 Å². The molecule has 0 aliphatic carbocycles. The molecule has 0 aliphatic heterocycles. The summed E-state index contributed by atoms with van der Waals surface area (Å²) in [5.74, 6) is 1.42. The highest BCUT2D eigenvalue weighted by Crippen LogP contribution is 2.38. The fourth-order valence-corrected chi connectivity index (χ4v) is 1.84. The highest BCUT2D eigenvalue weighted by molar-refractivity contribution is 5.93. The van der Waals surface area contributed by atoms with Crippen molar-refractivity contribution in [2.24, 2.45) is 0 Å². The monoisotopic (exact) mass is 252 g/mol. The SMILES string of the molecule is CNC(=O)N(C)c1cc(OC)c(C)c(C)c1OC. The van der Waals surface area contributed by atoms with Gasteiger partial charge in [-0.1, -0.05) is 0 Å². The predicted molar refractivity (Wildman–Crippen MR) is 71.9 cm³/mol. The fourth-order valence-electron chi connectivity index (χ4n) is 1.84.